The number of aliphatic hydroxyl groups is 2. The van der Waals surface area contributed by atoms with E-state index in [-0.39, 0.29) is 30.8 Å². The number of aromatic nitrogens is 5. The highest BCUT2D eigenvalue weighted by Gasteiger charge is 2.20. The van der Waals surface area contributed by atoms with Gasteiger partial charge in [-0.3, -0.25) is 14.4 Å². The topological polar surface area (TPSA) is 196 Å². The fourth-order valence-electron chi connectivity index (χ4n) is 5.82. The van der Waals surface area contributed by atoms with Crippen LogP contribution in [0.4, 0.5) is 0 Å². The molecule has 2 aromatic carbocycles. The molecule has 2 unspecified atom stereocenters. The third-order valence-corrected chi connectivity index (χ3v) is 9.81. The first kappa shape index (κ1) is 40.0. The summed E-state index contributed by atoms with van der Waals surface area (Å²) in [5, 5.41) is 43.4. The number of fused-ring (bicyclic) bond motifs is 1. The zero-order chi connectivity index (χ0) is 39.1. The number of benzene rings is 2. The molecule has 3 aromatic heterocycles. The molecule has 0 fully saturated rings. The highest BCUT2D eigenvalue weighted by Crippen LogP contribution is 2.42. The van der Waals surface area contributed by atoms with Gasteiger partial charge in [0.2, 0.25) is 0 Å². The van der Waals surface area contributed by atoms with Gasteiger partial charge in [-0.15, -0.1) is 0 Å². The largest absolute Gasteiger partial charge is 0.480 e. The Morgan fingerprint density at radius 1 is 0.944 bits per heavy atom. The second-order valence-corrected chi connectivity index (χ2v) is 13.3. The third kappa shape index (κ3) is 8.62. The first-order chi connectivity index (χ1) is 25.9. The fraction of sp³-hybridized carbons (Fsp3) is 0.297. The smallest absolute Gasteiger partial charge is 0.323 e. The van der Waals surface area contributed by atoms with Crippen LogP contribution in [0, 0.1) is 6.92 Å². The molecule has 0 bridgehead atoms. The molecule has 5 aromatic rings. The third-order valence-electron chi connectivity index (χ3n) is 8.99. The minimum atomic E-state index is -1.19. The normalized spacial score (nSPS) is 12.9. The number of carbonyl (C=O) groups excluding carboxylic acids is 2. The van der Waals surface area contributed by atoms with Crippen LogP contribution in [0.25, 0.3) is 45.4 Å². The quantitative estimate of drug-likeness (QED) is 0.0818. The Hall–Kier alpha value is -5.16. The first-order valence-electron chi connectivity index (χ1n) is 16.9. The lowest BCUT2D eigenvalue weighted by atomic mass is 9.98. The summed E-state index contributed by atoms with van der Waals surface area (Å²) in [6.07, 6.45) is 4.76. The van der Waals surface area contributed by atoms with Gasteiger partial charge in [-0.2, -0.15) is 10.2 Å². The zero-order valence-electron chi connectivity index (χ0n) is 29.7. The summed E-state index contributed by atoms with van der Waals surface area (Å²) in [4.78, 5) is 49.7. The van der Waals surface area contributed by atoms with Crippen molar-refractivity contribution in [3.63, 3.8) is 0 Å². The minimum absolute atomic E-state index is 0.142. The molecule has 0 saturated carbocycles. The highest BCUT2D eigenvalue weighted by molar-refractivity contribution is 6.39. The number of aldehydes is 2. The van der Waals surface area contributed by atoms with E-state index in [1.54, 1.807) is 49.7 Å². The molecule has 0 aliphatic rings. The van der Waals surface area contributed by atoms with E-state index < -0.39 is 24.7 Å². The predicted molar refractivity (Wildman–Crippen MR) is 206 cm³/mol. The van der Waals surface area contributed by atoms with Crippen molar-refractivity contribution in [3.05, 3.63) is 92.2 Å². The number of hydrogen-bond donors (Lipinski definition) is 5. The number of hydrogen-bond acceptors (Lipinski definition) is 11. The van der Waals surface area contributed by atoms with Crippen LogP contribution in [0.5, 0.6) is 0 Å². The molecule has 5 N–H and O–H groups in total. The Morgan fingerprint density at radius 3 is 2.15 bits per heavy atom. The summed E-state index contributed by atoms with van der Waals surface area (Å²) in [5.74, 6) is -1.19. The van der Waals surface area contributed by atoms with Gasteiger partial charge in [0.05, 0.1) is 40.7 Å². The van der Waals surface area contributed by atoms with Gasteiger partial charge in [0.15, 0.2) is 6.29 Å². The number of aliphatic hydroxyl groups excluding tert-OH is 2. The van der Waals surface area contributed by atoms with Crippen molar-refractivity contribution < 1.29 is 29.7 Å². The summed E-state index contributed by atoms with van der Waals surface area (Å²) in [5.41, 5.74) is 4.88. The Bertz CT molecular complexity index is 2260. The maximum Gasteiger partial charge on any atom is 0.323 e. The van der Waals surface area contributed by atoms with Crippen molar-refractivity contribution in [1.29, 1.82) is 0 Å². The second-order valence-electron chi connectivity index (χ2n) is 12.5. The molecule has 284 valence electrons. The van der Waals surface area contributed by atoms with E-state index in [0.29, 0.717) is 80.7 Å². The van der Waals surface area contributed by atoms with Crippen LogP contribution >= 0.6 is 23.2 Å². The van der Waals surface area contributed by atoms with E-state index in [9.17, 15) is 34.5 Å². The maximum absolute atomic E-state index is 13.5. The maximum atomic E-state index is 13.5. The van der Waals surface area contributed by atoms with Crippen molar-refractivity contribution in [1.82, 2.24) is 39.5 Å². The summed E-state index contributed by atoms with van der Waals surface area (Å²) in [6.45, 7) is 4.02. The molecule has 54 heavy (non-hydrogen) atoms. The van der Waals surface area contributed by atoms with Gasteiger partial charge in [0.25, 0.3) is 5.56 Å². The number of rotatable bonds is 18. The van der Waals surface area contributed by atoms with Crippen LogP contribution in [-0.4, -0.2) is 115 Å². The van der Waals surface area contributed by atoms with Gasteiger partial charge in [-0.25, -0.2) is 9.20 Å². The Balaban J connectivity index is 1.42. The molecule has 5 rings (SSSR count). The minimum Gasteiger partial charge on any atom is -0.480 e. The van der Waals surface area contributed by atoms with Crippen molar-refractivity contribution in [2.75, 3.05) is 39.9 Å². The lowest BCUT2D eigenvalue weighted by Crippen LogP contribution is -2.42. The van der Waals surface area contributed by atoms with Crippen molar-refractivity contribution in [2.45, 2.75) is 32.5 Å². The van der Waals surface area contributed by atoms with E-state index in [4.69, 9.17) is 23.2 Å². The number of halogens is 2. The number of allylic oxidation sites excluding steroid dienone is 1. The first-order valence-corrected chi connectivity index (χ1v) is 17.7. The van der Waals surface area contributed by atoms with E-state index in [0.717, 1.165) is 5.70 Å². The van der Waals surface area contributed by atoms with Crippen LogP contribution in [0.1, 0.15) is 23.1 Å². The lowest BCUT2D eigenvalue weighted by molar-refractivity contribution is -0.140. The van der Waals surface area contributed by atoms with Crippen LogP contribution in [0.3, 0.4) is 0 Å². The van der Waals surface area contributed by atoms with E-state index >= 15 is 0 Å². The standard InChI is InChI=1S/C37H40Cl2N8O7/c1-22(44(3)12-10-40-24(18-48)19-49)16-46-25(20-50)14-30(42-46)28-8-4-6-26(34(28)38)27-7-5-9-29(35(27)39)31-15-33-36(52)45(23(2)17-47(33)43-31)13-11-41-32(21-51)37(53)54/h4-9,14-18,20,24,32,40-41,49,51H,10-13,19,21H2,1-3H3,(H,53,54)/b22-16-. The second kappa shape index (κ2) is 17.8. The Kier molecular flexibility index (Phi) is 13.2. The SMILES string of the molecule is C/C(=C/n1nc(-c2cccc(-c3cccc(-c4cc5c(=O)n(CCNC(CO)C(=O)O)c(C)cn5n4)c3Cl)c2Cl)cc1C=O)N(C)CCNC(C=O)CO. The summed E-state index contributed by atoms with van der Waals surface area (Å²) in [7, 11) is 1.86. The van der Waals surface area contributed by atoms with Crippen molar-refractivity contribution in [2.24, 2.45) is 0 Å². The van der Waals surface area contributed by atoms with Gasteiger partial charge >= 0.3 is 5.97 Å². The van der Waals surface area contributed by atoms with Crippen LogP contribution < -0.4 is 16.2 Å². The average molecular weight is 780 g/mol. The summed E-state index contributed by atoms with van der Waals surface area (Å²) >= 11 is 14.1. The molecule has 0 aliphatic heterocycles. The average Bonchev–Trinajstić information content (AvgIpc) is 3.77. The Morgan fingerprint density at radius 2 is 1.57 bits per heavy atom. The zero-order valence-corrected chi connectivity index (χ0v) is 31.3. The molecular formula is C37H40Cl2N8O7. The van der Waals surface area contributed by atoms with E-state index in [1.807, 2.05) is 37.1 Å². The van der Waals surface area contributed by atoms with Crippen molar-refractivity contribution >= 4 is 53.5 Å². The number of carboxylic acid groups (broad SMARTS) is 1. The van der Waals surface area contributed by atoms with Crippen LogP contribution in [0.15, 0.2) is 65.2 Å². The number of aliphatic carboxylic acids is 1. The molecule has 0 radical (unpaired) electrons. The summed E-state index contributed by atoms with van der Waals surface area (Å²) in [6, 6.07) is 12.3. The van der Waals surface area contributed by atoms with Crippen LogP contribution in [0.2, 0.25) is 10.0 Å². The Labute approximate surface area is 320 Å². The molecule has 0 amide bonds. The van der Waals surface area contributed by atoms with Gasteiger partial charge in [0.1, 0.15) is 23.5 Å². The highest BCUT2D eigenvalue weighted by atomic mass is 35.5. The monoisotopic (exact) mass is 778 g/mol. The number of carbonyl (C=O) groups is 3. The predicted octanol–water partition coefficient (Wildman–Crippen LogP) is 3.06. The number of aryl methyl sites for hydroxylation is 1. The van der Waals surface area contributed by atoms with Gasteiger partial charge < -0.3 is 40.2 Å². The molecule has 0 spiro atoms. The van der Waals surface area contributed by atoms with Gasteiger partial charge in [-0.05, 0) is 26.0 Å². The number of carboxylic acids is 1. The lowest BCUT2D eigenvalue weighted by Gasteiger charge is -2.21. The van der Waals surface area contributed by atoms with E-state index in [1.165, 1.54) is 13.8 Å². The van der Waals surface area contributed by atoms with Crippen LogP contribution in [-0.2, 0) is 16.1 Å². The number of nitrogens with zero attached hydrogens (tertiary/aromatic N) is 6. The molecular weight excluding hydrogens is 739 g/mol. The van der Waals surface area contributed by atoms with Crippen molar-refractivity contribution in [3.8, 4) is 33.6 Å². The van der Waals surface area contributed by atoms with E-state index in [2.05, 4.69) is 20.8 Å². The molecule has 3 heterocycles. The van der Waals surface area contributed by atoms with Gasteiger partial charge in [-0.1, -0.05) is 59.6 Å². The summed E-state index contributed by atoms with van der Waals surface area (Å²) < 4.78 is 4.45. The molecule has 17 heteroatoms. The molecule has 2 atom stereocenters. The van der Waals surface area contributed by atoms with Gasteiger partial charge in [0, 0.05) is 79.3 Å². The molecule has 15 nitrogen and oxygen atoms in total. The number of likely N-dealkylation sites (N-methyl/N-ethyl adjacent to an activating group) is 1. The molecule has 0 saturated heterocycles. The molecule has 0 aliphatic carbocycles. The fourth-order valence-corrected chi connectivity index (χ4v) is 6.47. The number of nitrogens with one attached hydrogen (secondary N) is 2.